The van der Waals surface area contributed by atoms with Crippen LogP contribution in [0.15, 0.2) is 48.8 Å². The van der Waals surface area contributed by atoms with Gasteiger partial charge in [0.2, 0.25) is 5.91 Å². The van der Waals surface area contributed by atoms with Crippen molar-refractivity contribution in [3.05, 3.63) is 60.2 Å². The molecule has 6 nitrogen and oxygen atoms in total. The molecule has 0 bridgehead atoms. The molecular weight excluding hydrogens is 352 g/mol. The molecule has 3 rings (SSSR count). The van der Waals surface area contributed by atoms with E-state index in [1.807, 2.05) is 42.3 Å². The largest absolute Gasteiger partial charge is 0.345 e. The van der Waals surface area contributed by atoms with Gasteiger partial charge in [0, 0.05) is 57.6 Å². The fourth-order valence-corrected chi connectivity index (χ4v) is 3.61. The number of hydrogen-bond donors (Lipinski definition) is 0. The molecule has 0 aromatic carbocycles. The van der Waals surface area contributed by atoms with Crippen molar-refractivity contribution in [3.63, 3.8) is 0 Å². The first-order valence-corrected chi connectivity index (χ1v) is 9.97. The van der Waals surface area contributed by atoms with E-state index in [0.717, 1.165) is 37.9 Å². The number of likely N-dealkylation sites (tertiary alicyclic amines) is 1. The van der Waals surface area contributed by atoms with Crippen molar-refractivity contribution in [1.29, 1.82) is 0 Å². The topological polar surface area (TPSA) is 66.4 Å². The average Bonchev–Trinajstić information content (AvgIpc) is 2.76. The summed E-state index contributed by atoms with van der Waals surface area (Å²) in [6.45, 7) is 2.15. The number of amides is 2. The molecule has 0 unspecified atom stereocenters. The molecule has 0 radical (unpaired) electrons. The number of hydrogen-bond acceptors (Lipinski definition) is 4. The Kier molecular flexibility index (Phi) is 7.12. The first-order valence-electron chi connectivity index (χ1n) is 9.97. The fourth-order valence-electron chi connectivity index (χ4n) is 3.61. The van der Waals surface area contributed by atoms with Gasteiger partial charge in [-0.25, -0.2) is 0 Å². The van der Waals surface area contributed by atoms with Crippen molar-refractivity contribution in [3.8, 4) is 0 Å². The number of piperidine rings is 1. The maximum Gasteiger partial charge on any atom is 0.272 e. The molecule has 1 saturated heterocycles. The number of nitrogens with zero attached hydrogens (tertiary/aromatic N) is 4. The van der Waals surface area contributed by atoms with E-state index in [4.69, 9.17) is 0 Å². The van der Waals surface area contributed by atoms with Crippen LogP contribution in [0.25, 0.3) is 0 Å². The quantitative estimate of drug-likeness (QED) is 0.741. The molecule has 0 N–H and O–H groups in total. The van der Waals surface area contributed by atoms with Gasteiger partial charge in [0.1, 0.15) is 5.69 Å². The Bertz CT molecular complexity index is 767. The highest BCUT2D eigenvalue weighted by Crippen LogP contribution is 2.22. The second kappa shape index (κ2) is 9.97. The van der Waals surface area contributed by atoms with Crippen LogP contribution in [0.3, 0.4) is 0 Å². The van der Waals surface area contributed by atoms with Gasteiger partial charge in [-0.2, -0.15) is 0 Å². The van der Waals surface area contributed by atoms with Gasteiger partial charge in [0.25, 0.3) is 5.91 Å². The molecule has 0 aliphatic carbocycles. The summed E-state index contributed by atoms with van der Waals surface area (Å²) in [7, 11) is 1.85. The van der Waals surface area contributed by atoms with Crippen LogP contribution in [0.4, 0.5) is 0 Å². The van der Waals surface area contributed by atoms with Crippen molar-refractivity contribution >= 4 is 11.8 Å². The number of rotatable bonds is 7. The van der Waals surface area contributed by atoms with E-state index < -0.39 is 0 Å². The van der Waals surface area contributed by atoms with Crippen LogP contribution in [0.1, 0.15) is 41.9 Å². The number of aromatic nitrogens is 2. The zero-order valence-corrected chi connectivity index (χ0v) is 16.5. The van der Waals surface area contributed by atoms with E-state index in [1.54, 1.807) is 23.4 Å². The van der Waals surface area contributed by atoms with Gasteiger partial charge in [0.05, 0.1) is 0 Å². The van der Waals surface area contributed by atoms with Crippen molar-refractivity contribution in [2.24, 2.45) is 5.92 Å². The normalized spacial score (nSPS) is 16.6. The SMILES string of the molecule is CN(CCc1ccccn1)C(=O)CC[C@H]1CCCN(C(=O)c2ccccn2)C1. The molecule has 1 aliphatic rings. The van der Waals surface area contributed by atoms with Gasteiger partial charge >= 0.3 is 0 Å². The summed E-state index contributed by atoms with van der Waals surface area (Å²) in [4.78, 5) is 37.2. The Balaban J connectivity index is 1.43. The molecular formula is C22H28N4O2. The lowest BCUT2D eigenvalue weighted by atomic mass is 9.93. The highest BCUT2D eigenvalue weighted by Gasteiger charge is 2.25. The van der Waals surface area contributed by atoms with Crippen LogP contribution in [-0.4, -0.2) is 58.3 Å². The molecule has 2 amide bonds. The molecule has 0 spiro atoms. The highest BCUT2D eigenvalue weighted by atomic mass is 16.2. The van der Waals surface area contributed by atoms with E-state index >= 15 is 0 Å². The summed E-state index contributed by atoms with van der Waals surface area (Å²) in [6.07, 6.45) is 7.57. The zero-order chi connectivity index (χ0) is 19.8. The van der Waals surface area contributed by atoms with Crippen molar-refractivity contribution in [2.75, 3.05) is 26.7 Å². The third-order valence-electron chi connectivity index (χ3n) is 5.31. The summed E-state index contributed by atoms with van der Waals surface area (Å²) in [5.74, 6) is 0.516. The summed E-state index contributed by atoms with van der Waals surface area (Å²) in [6, 6.07) is 11.2. The van der Waals surface area contributed by atoms with Gasteiger partial charge < -0.3 is 9.80 Å². The highest BCUT2D eigenvalue weighted by molar-refractivity contribution is 5.92. The van der Waals surface area contributed by atoms with E-state index in [0.29, 0.717) is 31.1 Å². The smallest absolute Gasteiger partial charge is 0.272 e. The lowest BCUT2D eigenvalue weighted by molar-refractivity contribution is -0.130. The van der Waals surface area contributed by atoms with Gasteiger partial charge in [-0.05, 0) is 49.4 Å². The third kappa shape index (κ3) is 5.62. The van der Waals surface area contributed by atoms with Crippen LogP contribution in [0.5, 0.6) is 0 Å². The minimum atomic E-state index is -0.0101. The number of pyridine rings is 2. The van der Waals surface area contributed by atoms with Crippen LogP contribution < -0.4 is 0 Å². The second-order valence-corrected chi connectivity index (χ2v) is 7.40. The van der Waals surface area contributed by atoms with Crippen LogP contribution >= 0.6 is 0 Å². The number of carbonyl (C=O) groups is 2. The summed E-state index contributed by atoms with van der Waals surface area (Å²) in [5, 5.41) is 0. The maximum absolute atomic E-state index is 12.6. The lowest BCUT2D eigenvalue weighted by Crippen LogP contribution is -2.40. The third-order valence-corrected chi connectivity index (χ3v) is 5.31. The minimum absolute atomic E-state index is 0.0101. The minimum Gasteiger partial charge on any atom is -0.345 e. The Morgan fingerprint density at radius 1 is 1.14 bits per heavy atom. The predicted octanol–water partition coefficient (Wildman–Crippen LogP) is 2.81. The van der Waals surface area contributed by atoms with Gasteiger partial charge in [-0.15, -0.1) is 0 Å². The maximum atomic E-state index is 12.6. The fraction of sp³-hybridized carbons (Fsp3) is 0.455. The second-order valence-electron chi connectivity index (χ2n) is 7.40. The summed E-state index contributed by atoms with van der Waals surface area (Å²) >= 11 is 0. The van der Waals surface area contributed by atoms with E-state index in [2.05, 4.69) is 9.97 Å². The lowest BCUT2D eigenvalue weighted by Gasteiger charge is -2.32. The Morgan fingerprint density at radius 2 is 1.93 bits per heavy atom. The van der Waals surface area contributed by atoms with E-state index in [-0.39, 0.29) is 11.8 Å². The van der Waals surface area contributed by atoms with Crippen molar-refractivity contribution < 1.29 is 9.59 Å². The van der Waals surface area contributed by atoms with Gasteiger partial charge in [-0.1, -0.05) is 12.1 Å². The predicted molar refractivity (Wildman–Crippen MR) is 108 cm³/mol. The monoisotopic (exact) mass is 380 g/mol. The molecule has 2 aromatic heterocycles. The van der Waals surface area contributed by atoms with E-state index in [1.165, 1.54) is 0 Å². The molecule has 148 valence electrons. The Morgan fingerprint density at radius 3 is 2.64 bits per heavy atom. The molecule has 1 aliphatic heterocycles. The van der Waals surface area contributed by atoms with Crippen molar-refractivity contribution in [2.45, 2.75) is 32.1 Å². The molecule has 0 saturated carbocycles. The molecule has 1 fully saturated rings. The Labute approximate surface area is 166 Å². The van der Waals surface area contributed by atoms with Crippen LogP contribution in [0.2, 0.25) is 0 Å². The standard InChI is InChI=1S/C22H28N4O2/c1-25(16-12-19-8-2-4-13-23-19)21(27)11-10-18-7-6-15-26(17-18)22(28)20-9-3-5-14-24-20/h2-5,8-9,13-14,18H,6-7,10-12,15-17H2,1H3/t18-/m1/s1. The first kappa shape index (κ1) is 20.0. The number of likely N-dealkylation sites (N-methyl/N-ethyl adjacent to an activating group) is 1. The van der Waals surface area contributed by atoms with Crippen LogP contribution in [-0.2, 0) is 11.2 Å². The molecule has 28 heavy (non-hydrogen) atoms. The van der Waals surface area contributed by atoms with E-state index in [9.17, 15) is 9.59 Å². The molecule has 6 heteroatoms. The zero-order valence-electron chi connectivity index (χ0n) is 16.5. The van der Waals surface area contributed by atoms with Crippen molar-refractivity contribution in [1.82, 2.24) is 19.8 Å². The van der Waals surface area contributed by atoms with Gasteiger partial charge in [0.15, 0.2) is 0 Å². The summed E-state index contributed by atoms with van der Waals surface area (Å²) in [5.41, 5.74) is 1.49. The van der Waals surface area contributed by atoms with Gasteiger partial charge in [-0.3, -0.25) is 19.6 Å². The molecule has 2 aromatic rings. The molecule has 3 heterocycles. The first-order chi connectivity index (χ1) is 13.6. The van der Waals surface area contributed by atoms with Crippen LogP contribution in [0, 0.1) is 5.92 Å². The number of carbonyl (C=O) groups excluding carboxylic acids is 2. The average molecular weight is 380 g/mol. The molecule has 1 atom stereocenters. The Hall–Kier alpha value is -2.76. The summed E-state index contributed by atoms with van der Waals surface area (Å²) < 4.78 is 0.